The number of aryl methyl sites for hydroxylation is 2. The zero-order valence-electron chi connectivity index (χ0n) is 13.7. The zero-order valence-corrected chi connectivity index (χ0v) is 13.7. The maximum absolute atomic E-state index is 10.5. The molecule has 0 aliphatic carbocycles. The standard InChI is InChI=1S/C20H26O3/c1-20(23,14-2-4-16-6-10-18(21)11-7-16)15-3-5-17-8-12-19(22)13-9-17/h6-13,21-23H,2-5,14-15H2,1H3. The van der Waals surface area contributed by atoms with E-state index in [2.05, 4.69) is 0 Å². The number of aromatic hydroxyl groups is 2. The average molecular weight is 314 g/mol. The Morgan fingerprint density at radius 2 is 1.04 bits per heavy atom. The molecule has 23 heavy (non-hydrogen) atoms. The Hall–Kier alpha value is -2.00. The molecule has 0 heterocycles. The van der Waals surface area contributed by atoms with E-state index in [0.717, 1.165) is 38.5 Å². The molecule has 3 heteroatoms. The van der Waals surface area contributed by atoms with E-state index >= 15 is 0 Å². The molecule has 0 bridgehead atoms. The first-order valence-corrected chi connectivity index (χ1v) is 8.23. The second kappa shape index (κ2) is 8.02. The Bertz CT molecular complexity index is 532. The number of aliphatic hydroxyl groups is 1. The lowest BCUT2D eigenvalue weighted by Gasteiger charge is -2.23. The molecule has 2 aromatic carbocycles. The van der Waals surface area contributed by atoms with Gasteiger partial charge in [-0.1, -0.05) is 24.3 Å². The van der Waals surface area contributed by atoms with Gasteiger partial charge in [-0.15, -0.1) is 0 Å². The zero-order chi connectivity index (χ0) is 16.7. The molecule has 3 N–H and O–H groups in total. The highest BCUT2D eigenvalue weighted by atomic mass is 16.3. The maximum Gasteiger partial charge on any atom is 0.115 e. The van der Waals surface area contributed by atoms with Crippen LogP contribution in [0.25, 0.3) is 0 Å². The lowest BCUT2D eigenvalue weighted by atomic mass is 9.91. The van der Waals surface area contributed by atoms with Crippen LogP contribution in [0.2, 0.25) is 0 Å². The van der Waals surface area contributed by atoms with Crippen LogP contribution in [0.5, 0.6) is 11.5 Å². The van der Waals surface area contributed by atoms with Crippen molar-refractivity contribution in [2.45, 2.75) is 51.0 Å². The van der Waals surface area contributed by atoms with Gasteiger partial charge in [0.2, 0.25) is 0 Å². The summed E-state index contributed by atoms with van der Waals surface area (Å²) in [5, 5.41) is 29.0. The van der Waals surface area contributed by atoms with Gasteiger partial charge in [0.25, 0.3) is 0 Å². The monoisotopic (exact) mass is 314 g/mol. The van der Waals surface area contributed by atoms with Gasteiger partial charge in [0.05, 0.1) is 5.60 Å². The Morgan fingerprint density at radius 3 is 1.39 bits per heavy atom. The molecule has 2 rings (SSSR count). The van der Waals surface area contributed by atoms with Gasteiger partial charge in [0, 0.05) is 0 Å². The summed E-state index contributed by atoms with van der Waals surface area (Å²) in [6, 6.07) is 14.5. The number of benzene rings is 2. The molecule has 0 fully saturated rings. The van der Waals surface area contributed by atoms with E-state index in [1.807, 2.05) is 31.2 Å². The van der Waals surface area contributed by atoms with Crippen LogP contribution < -0.4 is 0 Å². The van der Waals surface area contributed by atoms with Crippen LogP contribution in [0, 0.1) is 0 Å². The summed E-state index contributed by atoms with van der Waals surface area (Å²) in [7, 11) is 0. The van der Waals surface area contributed by atoms with Crippen molar-refractivity contribution >= 4 is 0 Å². The van der Waals surface area contributed by atoms with E-state index in [1.165, 1.54) is 11.1 Å². The molecular formula is C20H26O3. The van der Waals surface area contributed by atoms with Gasteiger partial charge < -0.3 is 15.3 Å². The lowest BCUT2D eigenvalue weighted by Crippen LogP contribution is -2.24. The van der Waals surface area contributed by atoms with Crippen LogP contribution in [0.15, 0.2) is 48.5 Å². The van der Waals surface area contributed by atoms with Gasteiger partial charge in [-0.3, -0.25) is 0 Å². The molecule has 0 saturated heterocycles. The van der Waals surface area contributed by atoms with Gasteiger partial charge in [0.15, 0.2) is 0 Å². The molecule has 0 aliphatic heterocycles. The molecule has 0 spiro atoms. The summed E-state index contributed by atoms with van der Waals surface area (Å²) < 4.78 is 0. The average Bonchev–Trinajstić information content (AvgIpc) is 2.51. The van der Waals surface area contributed by atoms with Crippen LogP contribution in [-0.2, 0) is 12.8 Å². The number of phenols is 2. The Morgan fingerprint density at radius 1 is 0.696 bits per heavy atom. The Balaban J connectivity index is 1.69. The van der Waals surface area contributed by atoms with Gasteiger partial charge in [-0.05, 0) is 80.8 Å². The summed E-state index contributed by atoms with van der Waals surface area (Å²) in [6.07, 6.45) is 5.21. The fraction of sp³-hybridized carbons (Fsp3) is 0.400. The van der Waals surface area contributed by atoms with E-state index in [4.69, 9.17) is 0 Å². The van der Waals surface area contributed by atoms with Crippen molar-refractivity contribution in [1.82, 2.24) is 0 Å². The normalized spacial score (nSPS) is 11.6. The summed E-state index contributed by atoms with van der Waals surface area (Å²) in [5.41, 5.74) is 1.72. The van der Waals surface area contributed by atoms with Crippen molar-refractivity contribution in [2.24, 2.45) is 0 Å². The number of hydrogen-bond donors (Lipinski definition) is 3. The fourth-order valence-corrected chi connectivity index (χ4v) is 2.80. The first-order chi connectivity index (χ1) is 10.9. The van der Waals surface area contributed by atoms with E-state index in [9.17, 15) is 15.3 Å². The highest BCUT2D eigenvalue weighted by Gasteiger charge is 2.19. The second-order valence-corrected chi connectivity index (χ2v) is 6.54. The van der Waals surface area contributed by atoms with E-state index in [1.54, 1.807) is 24.3 Å². The van der Waals surface area contributed by atoms with Crippen LogP contribution >= 0.6 is 0 Å². The van der Waals surface area contributed by atoms with Gasteiger partial charge >= 0.3 is 0 Å². The summed E-state index contributed by atoms with van der Waals surface area (Å²) in [6.45, 7) is 1.90. The predicted octanol–water partition coefficient (Wildman–Crippen LogP) is 4.19. The van der Waals surface area contributed by atoms with Crippen LogP contribution in [0.4, 0.5) is 0 Å². The van der Waals surface area contributed by atoms with Crippen molar-refractivity contribution in [3.05, 3.63) is 59.7 Å². The van der Waals surface area contributed by atoms with E-state index in [0.29, 0.717) is 0 Å². The summed E-state index contributed by atoms with van der Waals surface area (Å²) >= 11 is 0. The summed E-state index contributed by atoms with van der Waals surface area (Å²) in [5.74, 6) is 0.574. The van der Waals surface area contributed by atoms with Crippen LogP contribution in [0.1, 0.15) is 43.7 Å². The van der Waals surface area contributed by atoms with Crippen molar-refractivity contribution in [3.8, 4) is 11.5 Å². The molecule has 0 atom stereocenters. The SMILES string of the molecule is CC(O)(CCCc1ccc(O)cc1)CCCc1ccc(O)cc1. The first kappa shape index (κ1) is 17.4. The quantitative estimate of drug-likeness (QED) is 0.684. The van der Waals surface area contributed by atoms with E-state index < -0.39 is 5.60 Å². The maximum atomic E-state index is 10.5. The minimum absolute atomic E-state index is 0.287. The van der Waals surface area contributed by atoms with Crippen molar-refractivity contribution in [1.29, 1.82) is 0 Å². The molecule has 0 aromatic heterocycles. The molecule has 2 aromatic rings. The molecule has 0 unspecified atom stereocenters. The van der Waals surface area contributed by atoms with Crippen molar-refractivity contribution in [2.75, 3.05) is 0 Å². The molecule has 0 aliphatic rings. The van der Waals surface area contributed by atoms with Gasteiger partial charge in [-0.25, -0.2) is 0 Å². The number of rotatable bonds is 8. The van der Waals surface area contributed by atoms with E-state index in [-0.39, 0.29) is 11.5 Å². The lowest BCUT2D eigenvalue weighted by molar-refractivity contribution is 0.0382. The molecule has 0 amide bonds. The topological polar surface area (TPSA) is 60.7 Å². The molecule has 124 valence electrons. The number of phenolic OH excluding ortho intramolecular Hbond substituents is 2. The predicted molar refractivity (Wildman–Crippen MR) is 92.7 cm³/mol. The minimum Gasteiger partial charge on any atom is -0.508 e. The highest BCUT2D eigenvalue weighted by Crippen LogP contribution is 2.22. The second-order valence-electron chi connectivity index (χ2n) is 6.54. The molecule has 0 radical (unpaired) electrons. The smallest absolute Gasteiger partial charge is 0.115 e. The van der Waals surface area contributed by atoms with Crippen molar-refractivity contribution < 1.29 is 15.3 Å². The van der Waals surface area contributed by atoms with Gasteiger partial charge in [0.1, 0.15) is 11.5 Å². The Labute approximate surface area is 138 Å². The van der Waals surface area contributed by atoms with Crippen molar-refractivity contribution in [3.63, 3.8) is 0 Å². The third-order valence-electron chi connectivity index (χ3n) is 4.23. The minimum atomic E-state index is -0.645. The van der Waals surface area contributed by atoms with Crippen LogP contribution in [-0.4, -0.2) is 20.9 Å². The van der Waals surface area contributed by atoms with Crippen LogP contribution in [0.3, 0.4) is 0 Å². The third kappa shape index (κ3) is 6.33. The summed E-state index contributed by atoms with van der Waals surface area (Å²) in [4.78, 5) is 0. The molecular weight excluding hydrogens is 288 g/mol. The fourth-order valence-electron chi connectivity index (χ4n) is 2.80. The Kier molecular flexibility index (Phi) is 6.05. The third-order valence-corrected chi connectivity index (χ3v) is 4.23. The number of hydrogen-bond acceptors (Lipinski definition) is 3. The molecule has 3 nitrogen and oxygen atoms in total. The first-order valence-electron chi connectivity index (χ1n) is 8.23. The molecule has 0 saturated carbocycles. The highest BCUT2D eigenvalue weighted by molar-refractivity contribution is 5.26. The van der Waals surface area contributed by atoms with Gasteiger partial charge in [-0.2, -0.15) is 0 Å². The largest absolute Gasteiger partial charge is 0.508 e.